The summed E-state index contributed by atoms with van der Waals surface area (Å²) in [7, 11) is 0. The molecule has 0 fully saturated rings. The second-order valence-electron chi connectivity index (χ2n) is 5.25. The molecule has 0 radical (unpaired) electrons. The van der Waals surface area contributed by atoms with Gasteiger partial charge in [0.2, 0.25) is 11.2 Å². The van der Waals surface area contributed by atoms with Gasteiger partial charge in [-0.2, -0.15) is 0 Å². The SMILES string of the molecule is O=C(Oc1ccc2c(=O)c(Cl)coc2c1)c1cc2cc(Br)ccc2o1. The molecule has 0 unspecified atom stereocenters. The van der Waals surface area contributed by atoms with Gasteiger partial charge in [0, 0.05) is 15.9 Å². The molecule has 0 saturated carbocycles. The highest BCUT2D eigenvalue weighted by atomic mass is 79.9. The van der Waals surface area contributed by atoms with Gasteiger partial charge in [-0.05, 0) is 36.4 Å². The molecular weight excluding hydrogens is 412 g/mol. The third-order valence-electron chi connectivity index (χ3n) is 3.59. The van der Waals surface area contributed by atoms with Crippen molar-refractivity contribution < 1.29 is 18.4 Å². The van der Waals surface area contributed by atoms with Crippen LogP contribution < -0.4 is 10.2 Å². The van der Waals surface area contributed by atoms with E-state index < -0.39 is 5.97 Å². The van der Waals surface area contributed by atoms with E-state index in [-0.39, 0.29) is 27.5 Å². The number of ether oxygens (including phenoxy) is 1. The third-order valence-corrected chi connectivity index (χ3v) is 4.35. The second-order valence-corrected chi connectivity index (χ2v) is 6.58. The number of carbonyl (C=O) groups excluding carboxylic acids is 1. The first kappa shape index (κ1) is 15.9. The zero-order chi connectivity index (χ0) is 17.6. The molecule has 0 bridgehead atoms. The summed E-state index contributed by atoms with van der Waals surface area (Å²) in [5.41, 5.74) is 0.506. The molecule has 0 amide bonds. The Hall–Kier alpha value is -2.57. The number of esters is 1. The van der Waals surface area contributed by atoms with Crippen molar-refractivity contribution in [1.82, 2.24) is 0 Å². The summed E-state index contributed by atoms with van der Waals surface area (Å²) in [4.78, 5) is 24.2. The first-order valence-corrected chi connectivity index (χ1v) is 8.31. The summed E-state index contributed by atoms with van der Waals surface area (Å²) in [5.74, 6) is -0.349. The molecule has 2 aromatic heterocycles. The maximum atomic E-state index is 12.3. The van der Waals surface area contributed by atoms with Gasteiger partial charge in [0.25, 0.3) is 0 Å². The average molecular weight is 420 g/mol. The summed E-state index contributed by atoms with van der Waals surface area (Å²) in [6.45, 7) is 0. The van der Waals surface area contributed by atoms with E-state index in [1.54, 1.807) is 12.1 Å². The van der Waals surface area contributed by atoms with E-state index in [0.717, 1.165) is 16.1 Å². The molecule has 0 spiro atoms. The molecule has 0 aliphatic heterocycles. The molecule has 2 aromatic carbocycles. The van der Waals surface area contributed by atoms with Crippen LogP contribution >= 0.6 is 27.5 Å². The minimum Gasteiger partial charge on any atom is -0.462 e. The summed E-state index contributed by atoms with van der Waals surface area (Å²) < 4.78 is 16.9. The van der Waals surface area contributed by atoms with E-state index in [9.17, 15) is 9.59 Å². The largest absolute Gasteiger partial charge is 0.462 e. The quantitative estimate of drug-likeness (QED) is 0.331. The Bertz CT molecular complexity index is 1190. The van der Waals surface area contributed by atoms with Crippen molar-refractivity contribution >= 4 is 55.4 Å². The molecule has 0 aliphatic rings. The predicted octanol–water partition coefficient (Wildman–Crippen LogP) is 5.17. The Morgan fingerprint density at radius 2 is 1.92 bits per heavy atom. The summed E-state index contributed by atoms with van der Waals surface area (Å²) >= 11 is 9.10. The lowest BCUT2D eigenvalue weighted by Crippen LogP contribution is -2.07. The van der Waals surface area contributed by atoms with Crippen LogP contribution in [-0.4, -0.2) is 5.97 Å². The van der Waals surface area contributed by atoms with Crippen LogP contribution in [0.3, 0.4) is 0 Å². The standard InChI is InChI=1S/C18H8BrClO5/c19-10-1-4-14-9(5-10)6-16(25-14)18(22)24-11-2-3-12-15(7-11)23-8-13(20)17(12)21/h1-8H. The number of furan rings is 1. The second kappa shape index (κ2) is 6.06. The fourth-order valence-electron chi connectivity index (χ4n) is 2.42. The number of fused-ring (bicyclic) bond motifs is 2. The highest BCUT2D eigenvalue weighted by Gasteiger charge is 2.16. The van der Waals surface area contributed by atoms with Crippen LogP contribution in [0.2, 0.25) is 5.02 Å². The highest BCUT2D eigenvalue weighted by Crippen LogP contribution is 2.25. The van der Waals surface area contributed by atoms with E-state index in [0.29, 0.717) is 11.0 Å². The zero-order valence-electron chi connectivity index (χ0n) is 12.4. The van der Waals surface area contributed by atoms with Gasteiger partial charge in [0.05, 0.1) is 5.39 Å². The van der Waals surface area contributed by atoms with Crippen LogP contribution in [-0.2, 0) is 0 Å². The lowest BCUT2D eigenvalue weighted by atomic mass is 10.2. The number of halogens is 2. The highest BCUT2D eigenvalue weighted by molar-refractivity contribution is 9.10. The van der Waals surface area contributed by atoms with Crippen molar-refractivity contribution in [3.05, 3.63) is 74.2 Å². The fraction of sp³-hybridized carbons (Fsp3) is 0. The summed E-state index contributed by atoms with van der Waals surface area (Å²) in [5, 5.41) is 1.08. The van der Waals surface area contributed by atoms with Gasteiger partial charge in [-0.15, -0.1) is 0 Å². The lowest BCUT2D eigenvalue weighted by Gasteiger charge is -2.03. The van der Waals surface area contributed by atoms with Gasteiger partial charge in [-0.25, -0.2) is 4.79 Å². The topological polar surface area (TPSA) is 69.7 Å². The number of carbonyl (C=O) groups is 1. The molecule has 5 nitrogen and oxygen atoms in total. The van der Waals surface area contributed by atoms with Gasteiger partial charge in [-0.3, -0.25) is 4.79 Å². The molecule has 7 heteroatoms. The lowest BCUT2D eigenvalue weighted by molar-refractivity contribution is 0.0704. The number of rotatable bonds is 2. The Morgan fingerprint density at radius 3 is 2.76 bits per heavy atom. The molecule has 2 heterocycles. The third kappa shape index (κ3) is 2.94. The molecule has 0 atom stereocenters. The molecule has 124 valence electrons. The Kier molecular flexibility index (Phi) is 3.86. The Labute approximate surface area is 153 Å². The van der Waals surface area contributed by atoms with Gasteiger partial charge in [0.1, 0.15) is 28.2 Å². The number of hydrogen-bond donors (Lipinski definition) is 0. The van der Waals surface area contributed by atoms with Crippen LogP contribution in [0.15, 0.2) is 66.8 Å². The Balaban J connectivity index is 1.66. The van der Waals surface area contributed by atoms with Crippen molar-refractivity contribution in [2.45, 2.75) is 0 Å². The first-order chi connectivity index (χ1) is 12.0. The van der Waals surface area contributed by atoms with E-state index in [1.807, 2.05) is 12.1 Å². The van der Waals surface area contributed by atoms with Gasteiger partial charge in [-0.1, -0.05) is 27.5 Å². The van der Waals surface area contributed by atoms with Crippen LogP contribution in [0.5, 0.6) is 5.75 Å². The monoisotopic (exact) mass is 418 g/mol. The van der Waals surface area contributed by atoms with Gasteiger partial charge < -0.3 is 13.6 Å². The van der Waals surface area contributed by atoms with Crippen molar-refractivity contribution in [1.29, 1.82) is 0 Å². The zero-order valence-corrected chi connectivity index (χ0v) is 14.8. The average Bonchev–Trinajstić information content (AvgIpc) is 3.01. The normalized spacial score (nSPS) is 11.1. The fourth-order valence-corrected chi connectivity index (χ4v) is 2.95. The van der Waals surface area contributed by atoms with Gasteiger partial charge >= 0.3 is 5.97 Å². The maximum Gasteiger partial charge on any atom is 0.379 e. The summed E-state index contributed by atoms with van der Waals surface area (Å²) in [6, 6.07) is 11.4. The molecule has 4 aromatic rings. The van der Waals surface area contributed by atoms with E-state index >= 15 is 0 Å². The molecular formula is C18H8BrClO5. The van der Waals surface area contributed by atoms with Crippen molar-refractivity contribution in [2.75, 3.05) is 0 Å². The van der Waals surface area contributed by atoms with Crippen molar-refractivity contribution in [3.63, 3.8) is 0 Å². The van der Waals surface area contributed by atoms with Crippen molar-refractivity contribution in [3.8, 4) is 5.75 Å². The van der Waals surface area contributed by atoms with E-state index in [2.05, 4.69) is 15.9 Å². The first-order valence-electron chi connectivity index (χ1n) is 7.13. The van der Waals surface area contributed by atoms with Gasteiger partial charge in [0.15, 0.2) is 0 Å². The Morgan fingerprint density at radius 1 is 1.08 bits per heavy atom. The molecule has 4 rings (SSSR count). The minimum absolute atomic E-state index is 0.00863. The smallest absolute Gasteiger partial charge is 0.379 e. The van der Waals surface area contributed by atoms with E-state index in [4.69, 9.17) is 25.2 Å². The van der Waals surface area contributed by atoms with E-state index in [1.165, 1.54) is 18.2 Å². The van der Waals surface area contributed by atoms with Crippen LogP contribution in [0, 0.1) is 0 Å². The van der Waals surface area contributed by atoms with Crippen LogP contribution in [0.1, 0.15) is 10.6 Å². The molecule has 25 heavy (non-hydrogen) atoms. The summed E-state index contributed by atoms with van der Waals surface area (Å²) in [6.07, 6.45) is 1.15. The number of benzene rings is 2. The van der Waals surface area contributed by atoms with Crippen LogP contribution in [0.4, 0.5) is 0 Å². The number of hydrogen-bond acceptors (Lipinski definition) is 5. The maximum absolute atomic E-state index is 12.3. The molecule has 0 aliphatic carbocycles. The minimum atomic E-state index is -0.650. The van der Waals surface area contributed by atoms with Crippen LogP contribution in [0.25, 0.3) is 21.9 Å². The molecule has 0 N–H and O–H groups in total. The van der Waals surface area contributed by atoms with Crippen molar-refractivity contribution in [2.24, 2.45) is 0 Å². The predicted molar refractivity (Wildman–Crippen MR) is 96.4 cm³/mol. The molecule has 0 saturated heterocycles.